The first-order chi connectivity index (χ1) is 6.16. The Morgan fingerprint density at radius 2 is 2.08 bits per heavy atom. The van der Waals surface area contributed by atoms with Gasteiger partial charge in [0.05, 0.1) is 11.4 Å². The monoisotopic (exact) mass is 194 g/mol. The molecule has 2 aromatic rings. The molecule has 0 atom stereocenters. The van der Waals surface area contributed by atoms with Crippen LogP contribution in [0.25, 0.3) is 10.8 Å². The summed E-state index contributed by atoms with van der Waals surface area (Å²) in [6.45, 7) is 5.96. The molecule has 0 aliphatic heterocycles. The number of aryl methyl sites for hydroxylation is 3. The summed E-state index contributed by atoms with van der Waals surface area (Å²) in [7, 11) is 0. The quantitative estimate of drug-likeness (QED) is 0.700. The van der Waals surface area contributed by atoms with Crippen molar-refractivity contribution in [3.8, 4) is 10.8 Å². The molecule has 0 aliphatic carbocycles. The van der Waals surface area contributed by atoms with E-state index in [4.69, 9.17) is 4.52 Å². The Bertz CT molecular complexity index is 411. The van der Waals surface area contributed by atoms with Gasteiger partial charge < -0.3 is 4.52 Å². The topological polar surface area (TPSA) is 38.9 Å². The van der Waals surface area contributed by atoms with E-state index in [2.05, 4.69) is 17.1 Å². The Morgan fingerprint density at radius 3 is 2.54 bits per heavy atom. The lowest BCUT2D eigenvalue weighted by molar-refractivity contribution is 0.427. The van der Waals surface area contributed by atoms with E-state index in [0.29, 0.717) is 0 Å². The maximum absolute atomic E-state index is 5.12. The van der Waals surface area contributed by atoms with Crippen LogP contribution in [-0.2, 0) is 0 Å². The van der Waals surface area contributed by atoms with Crippen molar-refractivity contribution in [3.05, 3.63) is 22.3 Å². The standard InChI is InChI=1S/C9H10N2OS/c1-5-4-8(12-11-5)9-10-6(2)7(3)13-9/h4H,1-3H3. The van der Waals surface area contributed by atoms with Gasteiger partial charge >= 0.3 is 0 Å². The van der Waals surface area contributed by atoms with Crippen LogP contribution in [0.5, 0.6) is 0 Å². The van der Waals surface area contributed by atoms with E-state index >= 15 is 0 Å². The van der Waals surface area contributed by atoms with Crippen LogP contribution in [0.1, 0.15) is 16.3 Å². The molecule has 0 spiro atoms. The molecule has 2 rings (SSSR count). The van der Waals surface area contributed by atoms with Crippen molar-refractivity contribution in [2.24, 2.45) is 0 Å². The predicted molar refractivity (Wildman–Crippen MR) is 51.8 cm³/mol. The van der Waals surface area contributed by atoms with Gasteiger partial charge in [-0.15, -0.1) is 11.3 Å². The Kier molecular flexibility index (Phi) is 1.92. The van der Waals surface area contributed by atoms with Gasteiger partial charge in [0.25, 0.3) is 0 Å². The summed E-state index contributed by atoms with van der Waals surface area (Å²) in [6.07, 6.45) is 0. The van der Waals surface area contributed by atoms with Gasteiger partial charge in [0.15, 0.2) is 10.8 Å². The summed E-state index contributed by atoms with van der Waals surface area (Å²) in [5, 5.41) is 4.74. The SMILES string of the molecule is Cc1cc(-c2nc(C)c(C)s2)on1. The minimum atomic E-state index is 0.763. The summed E-state index contributed by atoms with van der Waals surface area (Å²) in [5.41, 5.74) is 1.95. The second-order valence-corrected chi connectivity index (χ2v) is 4.20. The van der Waals surface area contributed by atoms with Gasteiger partial charge in [-0.2, -0.15) is 0 Å². The Hall–Kier alpha value is -1.16. The molecule has 13 heavy (non-hydrogen) atoms. The Balaban J connectivity index is 2.46. The fourth-order valence-corrected chi connectivity index (χ4v) is 1.91. The van der Waals surface area contributed by atoms with Crippen LogP contribution in [0, 0.1) is 20.8 Å². The van der Waals surface area contributed by atoms with E-state index in [-0.39, 0.29) is 0 Å². The highest BCUT2D eigenvalue weighted by Crippen LogP contribution is 2.27. The number of hydrogen-bond donors (Lipinski definition) is 0. The maximum Gasteiger partial charge on any atom is 0.195 e. The largest absolute Gasteiger partial charge is 0.353 e. The molecule has 0 saturated heterocycles. The number of aromatic nitrogens is 2. The fraction of sp³-hybridized carbons (Fsp3) is 0.333. The molecule has 0 radical (unpaired) electrons. The molecule has 0 fully saturated rings. The lowest BCUT2D eigenvalue weighted by atomic mass is 10.4. The van der Waals surface area contributed by atoms with Gasteiger partial charge in [0.1, 0.15) is 0 Å². The molecule has 0 unspecified atom stereocenters. The first kappa shape index (κ1) is 8.44. The minimum Gasteiger partial charge on any atom is -0.353 e. The summed E-state index contributed by atoms with van der Waals surface area (Å²) >= 11 is 1.64. The number of hydrogen-bond acceptors (Lipinski definition) is 4. The number of nitrogens with zero attached hydrogens (tertiary/aromatic N) is 2. The van der Waals surface area contributed by atoms with Gasteiger partial charge in [-0.05, 0) is 20.8 Å². The van der Waals surface area contributed by atoms with Gasteiger partial charge in [-0.1, -0.05) is 5.16 Å². The highest BCUT2D eigenvalue weighted by atomic mass is 32.1. The minimum absolute atomic E-state index is 0.763. The molecule has 68 valence electrons. The molecule has 2 aromatic heterocycles. The Morgan fingerprint density at radius 1 is 1.31 bits per heavy atom. The van der Waals surface area contributed by atoms with Gasteiger partial charge in [-0.3, -0.25) is 0 Å². The van der Waals surface area contributed by atoms with E-state index in [1.54, 1.807) is 11.3 Å². The molecule has 0 saturated carbocycles. The van der Waals surface area contributed by atoms with Crippen molar-refractivity contribution >= 4 is 11.3 Å². The first-order valence-electron chi connectivity index (χ1n) is 4.04. The molecule has 3 nitrogen and oxygen atoms in total. The van der Waals surface area contributed by atoms with Crippen LogP contribution >= 0.6 is 11.3 Å². The molecule has 0 bridgehead atoms. The van der Waals surface area contributed by atoms with Gasteiger partial charge in [0, 0.05) is 10.9 Å². The molecule has 0 aliphatic rings. The van der Waals surface area contributed by atoms with Crippen molar-refractivity contribution < 1.29 is 4.52 Å². The maximum atomic E-state index is 5.12. The third kappa shape index (κ3) is 1.49. The normalized spacial score (nSPS) is 10.7. The second-order valence-electron chi connectivity index (χ2n) is 2.99. The average Bonchev–Trinajstić information content (AvgIpc) is 2.61. The second kappa shape index (κ2) is 2.96. The van der Waals surface area contributed by atoms with Crippen LogP contribution in [-0.4, -0.2) is 10.1 Å². The fourth-order valence-electron chi connectivity index (χ4n) is 1.04. The van der Waals surface area contributed by atoms with Crippen molar-refractivity contribution in [3.63, 3.8) is 0 Å². The lowest BCUT2D eigenvalue weighted by Gasteiger charge is -1.82. The zero-order valence-corrected chi connectivity index (χ0v) is 8.60. The van der Waals surface area contributed by atoms with Crippen molar-refractivity contribution in [2.75, 3.05) is 0 Å². The molecular weight excluding hydrogens is 184 g/mol. The summed E-state index contributed by atoms with van der Waals surface area (Å²) in [6, 6.07) is 1.90. The lowest BCUT2D eigenvalue weighted by Crippen LogP contribution is -1.73. The third-order valence-corrected chi connectivity index (χ3v) is 2.95. The van der Waals surface area contributed by atoms with Crippen LogP contribution in [0.15, 0.2) is 10.6 Å². The highest BCUT2D eigenvalue weighted by molar-refractivity contribution is 7.15. The van der Waals surface area contributed by atoms with Crippen molar-refractivity contribution in [1.29, 1.82) is 0 Å². The van der Waals surface area contributed by atoms with E-state index in [0.717, 1.165) is 22.2 Å². The molecule has 0 N–H and O–H groups in total. The average molecular weight is 194 g/mol. The zero-order chi connectivity index (χ0) is 9.42. The van der Waals surface area contributed by atoms with Crippen LogP contribution in [0.4, 0.5) is 0 Å². The van der Waals surface area contributed by atoms with E-state index in [1.807, 2.05) is 19.9 Å². The van der Waals surface area contributed by atoms with Crippen LogP contribution < -0.4 is 0 Å². The molecule has 0 aromatic carbocycles. The molecule has 0 amide bonds. The first-order valence-corrected chi connectivity index (χ1v) is 4.86. The van der Waals surface area contributed by atoms with E-state index < -0.39 is 0 Å². The number of rotatable bonds is 1. The third-order valence-electron chi connectivity index (χ3n) is 1.87. The van der Waals surface area contributed by atoms with E-state index in [9.17, 15) is 0 Å². The van der Waals surface area contributed by atoms with Crippen LogP contribution in [0.2, 0.25) is 0 Å². The van der Waals surface area contributed by atoms with E-state index in [1.165, 1.54) is 4.88 Å². The van der Waals surface area contributed by atoms with Gasteiger partial charge in [0.2, 0.25) is 0 Å². The smallest absolute Gasteiger partial charge is 0.195 e. The molecular formula is C9H10N2OS. The van der Waals surface area contributed by atoms with Crippen molar-refractivity contribution in [2.45, 2.75) is 20.8 Å². The zero-order valence-electron chi connectivity index (χ0n) is 7.79. The summed E-state index contributed by atoms with van der Waals surface area (Å²) in [5.74, 6) is 0.763. The highest BCUT2D eigenvalue weighted by Gasteiger charge is 2.10. The summed E-state index contributed by atoms with van der Waals surface area (Å²) in [4.78, 5) is 5.60. The predicted octanol–water partition coefficient (Wildman–Crippen LogP) is 2.72. The van der Waals surface area contributed by atoms with Crippen molar-refractivity contribution in [1.82, 2.24) is 10.1 Å². The number of thiazole rings is 1. The van der Waals surface area contributed by atoms with Gasteiger partial charge in [-0.25, -0.2) is 4.98 Å². The van der Waals surface area contributed by atoms with Crippen LogP contribution in [0.3, 0.4) is 0 Å². The summed E-state index contributed by atoms with van der Waals surface area (Å²) < 4.78 is 5.12. The Labute approximate surface area is 80.4 Å². The molecule has 2 heterocycles. The molecule has 4 heteroatoms.